The number of hydrogen-bond acceptors (Lipinski definition) is 4. The summed E-state index contributed by atoms with van der Waals surface area (Å²) in [5.41, 5.74) is 0.838. The molecule has 16 heavy (non-hydrogen) atoms. The molecule has 1 unspecified atom stereocenters. The van der Waals surface area contributed by atoms with Crippen molar-refractivity contribution < 1.29 is 0 Å². The predicted octanol–water partition coefficient (Wildman–Crippen LogP) is 2.78. The molecule has 4 nitrogen and oxygen atoms in total. The van der Waals surface area contributed by atoms with Gasteiger partial charge in [0, 0.05) is 11.1 Å². The van der Waals surface area contributed by atoms with Gasteiger partial charge >= 0.3 is 0 Å². The standard InChI is InChI=1S/C10H13ClN4S/c1-3-9(11)10-6-15(14-13-10)5-8-4-12-7(2)16-8/h4,6,9H,3,5H2,1-2H3. The largest absolute Gasteiger partial charge is 0.250 e. The third-order valence-corrected chi connectivity index (χ3v) is 3.65. The van der Waals surface area contributed by atoms with Gasteiger partial charge in [-0.15, -0.1) is 28.0 Å². The average molecular weight is 257 g/mol. The van der Waals surface area contributed by atoms with E-state index in [1.165, 1.54) is 4.88 Å². The first-order chi connectivity index (χ1) is 7.69. The highest BCUT2D eigenvalue weighted by Crippen LogP contribution is 2.21. The molecule has 2 rings (SSSR count). The fourth-order valence-electron chi connectivity index (χ4n) is 1.38. The van der Waals surface area contributed by atoms with E-state index in [0.29, 0.717) is 6.54 Å². The molecule has 0 aliphatic carbocycles. The summed E-state index contributed by atoms with van der Waals surface area (Å²) in [5.74, 6) is 0. The van der Waals surface area contributed by atoms with E-state index in [9.17, 15) is 0 Å². The molecule has 0 bridgehead atoms. The maximum absolute atomic E-state index is 6.09. The highest BCUT2D eigenvalue weighted by Gasteiger charge is 2.10. The maximum Gasteiger partial charge on any atom is 0.101 e. The van der Waals surface area contributed by atoms with E-state index in [4.69, 9.17) is 11.6 Å². The Morgan fingerprint density at radius 2 is 2.38 bits per heavy atom. The third-order valence-electron chi connectivity index (χ3n) is 2.22. The van der Waals surface area contributed by atoms with E-state index in [1.54, 1.807) is 16.0 Å². The van der Waals surface area contributed by atoms with Gasteiger partial charge in [0.25, 0.3) is 0 Å². The number of hydrogen-bond donors (Lipinski definition) is 0. The molecule has 0 aliphatic rings. The summed E-state index contributed by atoms with van der Waals surface area (Å²) in [6.07, 6.45) is 4.63. The van der Waals surface area contributed by atoms with Crippen LogP contribution in [-0.4, -0.2) is 20.0 Å². The Morgan fingerprint density at radius 1 is 1.56 bits per heavy atom. The number of nitrogens with zero attached hydrogens (tertiary/aromatic N) is 4. The van der Waals surface area contributed by atoms with Crippen LogP contribution in [0.15, 0.2) is 12.4 Å². The highest BCUT2D eigenvalue weighted by atomic mass is 35.5. The van der Waals surface area contributed by atoms with Gasteiger partial charge < -0.3 is 0 Å². The summed E-state index contributed by atoms with van der Waals surface area (Å²) in [7, 11) is 0. The van der Waals surface area contributed by atoms with Crippen LogP contribution in [0.4, 0.5) is 0 Å². The van der Waals surface area contributed by atoms with Gasteiger partial charge in [-0.2, -0.15) is 0 Å². The lowest BCUT2D eigenvalue weighted by Gasteiger charge is -1.98. The lowest BCUT2D eigenvalue weighted by molar-refractivity contribution is 0.654. The molecule has 86 valence electrons. The minimum atomic E-state index is -0.0445. The van der Waals surface area contributed by atoms with Crippen molar-refractivity contribution in [3.8, 4) is 0 Å². The smallest absolute Gasteiger partial charge is 0.101 e. The van der Waals surface area contributed by atoms with Crippen LogP contribution in [0.1, 0.15) is 34.3 Å². The first-order valence-electron chi connectivity index (χ1n) is 5.14. The zero-order valence-corrected chi connectivity index (χ0v) is 10.8. The summed E-state index contributed by atoms with van der Waals surface area (Å²) in [5, 5.41) is 9.13. The Hall–Kier alpha value is -0.940. The number of aryl methyl sites for hydroxylation is 1. The normalized spacial score (nSPS) is 12.9. The second-order valence-electron chi connectivity index (χ2n) is 3.56. The van der Waals surface area contributed by atoms with Gasteiger partial charge in [0.1, 0.15) is 5.69 Å². The van der Waals surface area contributed by atoms with Crippen LogP contribution in [0.25, 0.3) is 0 Å². The monoisotopic (exact) mass is 256 g/mol. The zero-order chi connectivity index (χ0) is 11.5. The molecular formula is C10H13ClN4S. The first-order valence-corrected chi connectivity index (χ1v) is 6.39. The predicted molar refractivity (Wildman–Crippen MR) is 64.9 cm³/mol. The second kappa shape index (κ2) is 4.93. The number of rotatable bonds is 4. The summed E-state index contributed by atoms with van der Waals surface area (Å²) >= 11 is 7.76. The highest BCUT2D eigenvalue weighted by molar-refractivity contribution is 7.11. The summed E-state index contributed by atoms with van der Waals surface area (Å²) < 4.78 is 1.80. The Morgan fingerprint density at radius 3 is 3.00 bits per heavy atom. The molecule has 0 radical (unpaired) electrons. The van der Waals surface area contributed by atoms with Gasteiger partial charge in [0.15, 0.2) is 0 Å². The fraction of sp³-hybridized carbons (Fsp3) is 0.500. The minimum Gasteiger partial charge on any atom is -0.250 e. The lowest BCUT2D eigenvalue weighted by Crippen LogP contribution is -1.98. The summed E-state index contributed by atoms with van der Waals surface area (Å²) in [6, 6.07) is 0. The van der Waals surface area contributed by atoms with Crippen LogP contribution < -0.4 is 0 Å². The van der Waals surface area contributed by atoms with Crippen molar-refractivity contribution in [1.82, 2.24) is 20.0 Å². The van der Waals surface area contributed by atoms with Crippen LogP contribution in [-0.2, 0) is 6.54 Å². The third kappa shape index (κ3) is 2.59. The van der Waals surface area contributed by atoms with Crippen LogP contribution >= 0.6 is 22.9 Å². The molecule has 2 aromatic rings. The fourth-order valence-corrected chi connectivity index (χ4v) is 2.27. The lowest BCUT2D eigenvalue weighted by atomic mass is 10.3. The van der Waals surface area contributed by atoms with Gasteiger partial charge in [-0.1, -0.05) is 12.1 Å². The molecule has 0 N–H and O–H groups in total. The molecule has 1 atom stereocenters. The van der Waals surface area contributed by atoms with Crippen LogP contribution in [0.3, 0.4) is 0 Å². The number of aromatic nitrogens is 4. The van der Waals surface area contributed by atoms with Gasteiger partial charge in [0.2, 0.25) is 0 Å². The van der Waals surface area contributed by atoms with Crippen molar-refractivity contribution in [1.29, 1.82) is 0 Å². The van der Waals surface area contributed by atoms with Gasteiger partial charge in [-0.3, -0.25) is 0 Å². The van der Waals surface area contributed by atoms with Crippen molar-refractivity contribution in [3.05, 3.63) is 28.0 Å². The van der Waals surface area contributed by atoms with Crippen LogP contribution in [0, 0.1) is 6.92 Å². The summed E-state index contributed by atoms with van der Waals surface area (Å²) in [4.78, 5) is 5.38. The molecule has 0 saturated carbocycles. The Balaban J connectivity index is 2.08. The van der Waals surface area contributed by atoms with Crippen molar-refractivity contribution in [2.24, 2.45) is 0 Å². The van der Waals surface area contributed by atoms with E-state index >= 15 is 0 Å². The number of alkyl halides is 1. The Labute approximate surface area is 103 Å². The molecule has 0 aromatic carbocycles. The number of halogens is 1. The minimum absolute atomic E-state index is 0.0445. The van der Waals surface area contributed by atoms with E-state index in [0.717, 1.165) is 17.1 Å². The molecule has 0 saturated heterocycles. The SMILES string of the molecule is CCC(Cl)c1cn(Cc2cnc(C)s2)nn1. The summed E-state index contributed by atoms with van der Waals surface area (Å²) in [6.45, 7) is 4.74. The second-order valence-corrected chi connectivity index (χ2v) is 5.41. The van der Waals surface area contributed by atoms with Gasteiger partial charge in [-0.05, 0) is 13.3 Å². The van der Waals surface area contributed by atoms with E-state index < -0.39 is 0 Å². The molecule has 2 heterocycles. The van der Waals surface area contributed by atoms with E-state index in [1.807, 2.05) is 26.2 Å². The maximum atomic E-state index is 6.09. The van der Waals surface area contributed by atoms with Crippen molar-refractivity contribution in [2.45, 2.75) is 32.2 Å². The zero-order valence-electron chi connectivity index (χ0n) is 9.22. The van der Waals surface area contributed by atoms with Crippen molar-refractivity contribution >= 4 is 22.9 Å². The molecule has 6 heteroatoms. The van der Waals surface area contributed by atoms with E-state index in [-0.39, 0.29) is 5.38 Å². The first kappa shape index (κ1) is 11.5. The average Bonchev–Trinajstić information content (AvgIpc) is 2.87. The van der Waals surface area contributed by atoms with Crippen LogP contribution in [0.2, 0.25) is 0 Å². The topological polar surface area (TPSA) is 43.6 Å². The quantitative estimate of drug-likeness (QED) is 0.790. The molecule has 2 aromatic heterocycles. The number of thiazole rings is 1. The molecule has 0 amide bonds. The Bertz CT molecular complexity index is 465. The molecule has 0 aliphatic heterocycles. The molecular weight excluding hydrogens is 244 g/mol. The molecule has 0 fully saturated rings. The molecule has 0 spiro atoms. The van der Waals surface area contributed by atoms with Gasteiger partial charge in [0.05, 0.1) is 23.1 Å². The van der Waals surface area contributed by atoms with E-state index in [2.05, 4.69) is 15.3 Å². The van der Waals surface area contributed by atoms with Crippen LogP contribution in [0.5, 0.6) is 0 Å². The van der Waals surface area contributed by atoms with Gasteiger partial charge in [-0.25, -0.2) is 9.67 Å². The Kier molecular flexibility index (Phi) is 3.56. The van der Waals surface area contributed by atoms with Crippen molar-refractivity contribution in [2.75, 3.05) is 0 Å². The van der Waals surface area contributed by atoms with Crippen molar-refractivity contribution in [3.63, 3.8) is 0 Å².